The summed E-state index contributed by atoms with van der Waals surface area (Å²) in [7, 11) is 4.60. The Morgan fingerprint density at radius 3 is 2.25 bits per heavy atom. The molecule has 2 aromatic rings. The van der Waals surface area contributed by atoms with Crippen LogP contribution in [0.25, 0.3) is 0 Å². The summed E-state index contributed by atoms with van der Waals surface area (Å²) in [6.45, 7) is 4.44. The van der Waals surface area contributed by atoms with Gasteiger partial charge in [-0.2, -0.15) is 0 Å². The summed E-state index contributed by atoms with van der Waals surface area (Å²) in [6.07, 6.45) is 2.26. The molecule has 1 aliphatic heterocycles. The van der Waals surface area contributed by atoms with Crippen molar-refractivity contribution in [3.8, 4) is 17.2 Å². The lowest BCUT2D eigenvalue weighted by Gasteiger charge is -2.20. The summed E-state index contributed by atoms with van der Waals surface area (Å²) in [5, 5.41) is 11.2. The second-order valence-electron chi connectivity index (χ2n) is 6.96. The van der Waals surface area contributed by atoms with Crippen molar-refractivity contribution in [2.45, 2.75) is 25.5 Å². The molecule has 8 heteroatoms. The van der Waals surface area contributed by atoms with E-state index in [0.29, 0.717) is 50.9 Å². The highest BCUT2D eigenvalue weighted by Crippen LogP contribution is 2.42. The van der Waals surface area contributed by atoms with Crippen molar-refractivity contribution < 1.29 is 24.1 Å². The van der Waals surface area contributed by atoms with Crippen LogP contribution in [0, 0.1) is 0 Å². The highest BCUT2D eigenvalue weighted by Gasteiger charge is 2.31. The van der Waals surface area contributed by atoms with E-state index in [1.807, 2.05) is 13.8 Å². The van der Waals surface area contributed by atoms with Crippen LogP contribution in [0.2, 0.25) is 0 Å². The van der Waals surface area contributed by atoms with E-state index in [4.69, 9.17) is 18.9 Å². The van der Waals surface area contributed by atoms with Gasteiger partial charge in [0.15, 0.2) is 11.5 Å². The van der Waals surface area contributed by atoms with Gasteiger partial charge in [-0.15, -0.1) is 0 Å². The zero-order valence-corrected chi connectivity index (χ0v) is 18.0. The third-order valence-electron chi connectivity index (χ3n) is 4.41. The number of hydrogen-bond acceptors (Lipinski definition) is 7. The molecule has 1 atom stereocenters. The first-order valence-electron chi connectivity index (χ1n) is 8.65. The van der Waals surface area contributed by atoms with Crippen molar-refractivity contribution in [2.24, 2.45) is 4.99 Å². The average Bonchev–Trinajstić information content (AvgIpc) is 3.05. The van der Waals surface area contributed by atoms with Gasteiger partial charge < -0.3 is 24.1 Å². The summed E-state index contributed by atoms with van der Waals surface area (Å²) in [5.74, 6) is 1.83. The minimum absolute atomic E-state index is 0.327. The molecule has 1 aliphatic rings. The van der Waals surface area contributed by atoms with E-state index >= 15 is 0 Å². The van der Waals surface area contributed by atoms with Gasteiger partial charge in [0.05, 0.1) is 32.4 Å². The van der Waals surface area contributed by atoms with Crippen LogP contribution in [0.5, 0.6) is 17.2 Å². The number of nitrogens with zero attached hydrogens (tertiary/aromatic N) is 2. The lowest BCUT2D eigenvalue weighted by molar-refractivity contribution is 0.216. The Morgan fingerprint density at radius 1 is 1.11 bits per heavy atom. The Labute approximate surface area is 172 Å². The first-order valence-corrected chi connectivity index (χ1v) is 9.45. The average molecular weight is 451 g/mol. The van der Waals surface area contributed by atoms with Crippen molar-refractivity contribution in [3.63, 3.8) is 0 Å². The molecule has 0 aliphatic carbocycles. The maximum atomic E-state index is 11.2. The lowest BCUT2D eigenvalue weighted by atomic mass is 9.97. The third kappa shape index (κ3) is 3.79. The minimum Gasteiger partial charge on any atom is -0.493 e. The molecule has 150 valence electrons. The number of aliphatic hydroxyl groups excluding tert-OH is 1. The van der Waals surface area contributed by atoms with Crippen LogP contribution in [0.3, 0.4) is 0 Å². The van der Waals surface area contributed by atoms with Gasteiger partial charge in [0, 0.05) is 22.4 Å². The topological polar surface area (TPSA) is 82.4 Å². The van der Waals surface area contributed by atoms with E-state index in [-0.39, 0.29) is 5.54 Å². The standard InChI is InChI=1S/C20H23BrN2O5/c1-20(2)10-28-19(23-20)12-8-22-9-13(21)16(12)17(24)11-6-14(25-3)18(27-5)15(7-11)26-4/h6-9,17,24H,10H2,1-5H3. The van der Waals surface area contributed by atoms with E-state index in [0.717, 1.165) is 0 Å². The van der Waals surface area contributed by atoms with Crippen LogP contribution in [0.1, 0.15) is 36.6 Å². The summed E-state index contributed by atoms with van der Waals surface area (Å²) in [5.41, 5.74) is 1.47. The quantitative estimate of drug-likeness (QED) is 0.724. The van der Waals surface area contributed by atoms with Gasteiger partial charge in [0.1, 0.15) is 12.7 Å². The molecule has 0 saturated carbocycles. The molecule has 0 spiro atoms. The Kier molecular flexibility index (Phi) is 5.81. The molecule has 1 aromatic carbocycles. The first kappa shape index (κ1) is 20.4. The maximum absolute atomic E-state index is 11.2. The van der Waals surface area contributed by atoms with Crippen molar-refractivity contribution >= 4 is 21.8 Å². The van der Waals surface area contributed by atoms with Crippen molar-refractivity contribution in [2.75, 3.05) is 27.9 Å². The van der Waals surface area contributed by atoms with Crippen molar-refractivity contribution in [3.05, 3.63) is 45.7 Å². The van der Waals surface area contributed by atoms with E-state index in [9.17, 15) is 5.11 Å². The van der Waals surface area contributed by atoms with Gasteiger partial charge in [0.2, 0.25) is 11.6 Å². The predicted molar refractivity (Wildman–Crippen MR) is 109 cm³/mol. The minimum atomic E-state index is -1.00. The van der Waals surface area contributed by atoms with Crippen LogP contribution in [-0.2, 0) is 4.74 Å². The summed E-state index contributed by atoms with van der Waals surface area (Å²) in [6, 6.07) is 3.42. The number of halogens is 1. The van der Waals surface area contributed by atoms with Crippen LogP contribution in [0.4, 0.5) is 0 Å². The van der Waals surface area contributed by atoms with Crippen LogP contribution in [0.15, 0.2) is 34.0 Å². The Hall–Kier alpha value is -2.32. The molecule has 1 N–H and O–H groups in total. The normalized spacial score (nSPS) is 16.2. The van der Waals surface area contributed by atoms with Gasteiger partial charge in [-0.25, -0.2) is 4.99 Å². The Bertz CT molecular complexity index is 888. The fourth-order valence-corrected chi connectivity index (χ4v) is 3.59. The second-order valence-corrected chi connectivity index (χ2v) is 7.82. The summed E-state index contributed by atoms with van der Waals surface area (Å²) >= 11 is 3.50. The molecule has 28 heavy (non-hydrogen) atoms. The first-order chi connectivity index (χ1) is 13.3. The fourth-order valence-electron chi connectivity index (χ4n) is 3.04. The van der Waals surface area contributed by atoms with Gasteiger partial charge in [-0.05, 0) is 47.5 Å². The smallest absolute Gasteiger partial charge is 0.218 e. The number of methoxy groups -OCH3 is 3. The molecule has 1 unspecified atom stereocenters. The molecule has 0 saturated heterocycles. The number of aliphatic hydroxyl groups is 1. The third-order valence-corrected chi connectivity index (χ3v) is 5.04. The van der Waals surface area contributed by atoms with E-state index < -0.39 is 6.10 Å². The molecule has 7 nitrogen and oxygen atoms in total. The molecule has 1 aromatic heterocycles. The molecule has 0 bridgehead atoms. The van der Waals surface area contributed by atoms with Crippen LogP contribution < -0.4 is 14.2 Å². The number of benzene rings is 1. The molecule has 0 fully saturated rings. The van der Waals surface area contributed by atoms with Gasteiger partial charge in [-0.3, -0.25) is 4.98 Å². The summed E-state index contributed by atoms with van der Waals surface area (Å²) in [4.78, 5) is 8.84. The SMILES string of the molecule is COc1cc(C(O)c2c(Br)cncc2C2=NC(C)(C)CO2)cc(OC)c1OC. The number of pyridine rings is 1. The Morgan fingerprint density at radius 2 is 1.75 bits per heavy atom. The fraction of sp³-hybridized carbons (Fsp3) is 0.400. The monoisotopic (exact) mass is 450 g/mol. The lowest BCUT2D eigenvalue weighted by Crippen LogP contribution is -2.17. The zero-order chi connectivity index (χ0) is 20.5. The number of rotatable bonds is 6. The number of hydrogen-bond donors (Lipinski definition) is 1. The van der Waals surface area contributed by atoms with E-state index in [1.165, 1.54) is 21.3 Å². The maximum Gasteiger partial charge on any atom is 0.218 e. The van der Waals surface area contributed by atoms with Gasteiger partial charge in [0.25, 0.3) is 0 Å². The molecular weight excluding hydrogens is 428 g/mol. The van der Waals surface area contributed by atoms with Crippen molar-refractivity contribution in [1.82, 2.24) is 4.98 Å². The molecule has 3 rings (SSSR count). The highest BCUT2D eigenvalue weighted by molar-refractivity contribution is 9.10. The number of aliphatic imine (C=N–C) groups is 1. The van der Waals surface area contributed by atoms with Gasteiger partial charge >= 0.3 is 0 Å². The number of ether oxygens (including phenoxy) is 4. The summed E-state index contributed by atoms with van der Waals surface area (Å²) < 4.78 is 22.6. The molecule has 0 amide bonds. The van der Waals surface area contributed by atoms with Crippen LogP contribution >= 0.6 is 15.9 Å². The van der Waals surface area contributed by atoms with E-state index in [2.05, 4.69) is 25.9 Å². The second kappa shape index (κ2) is 7.97. The zero-order valence-electron chi connectivity index (χ0n) is 16.4. The van der Waals surface area contributed by atoms with E-state index in [1.54, 1.807) is 24.5 Å². The predicted octanol–water partition coefficient (Wildman–Crippen LogP) is 3.51. The molecular formula is C20H23BrN2O5. The molecule has 2 heterocycles. The molecule has 0 radical (unpaired) electrons. The van der Waals surface area contributed by atoms with Gasteiger partial charge in [-0.1, -0.05) is 0 Å². The van der Waals surface area contributed by atoms with Crippen molar-refractivity contribution in [1.29, 1.82) is 0 Å². The largest absolute Gasteiger partial charge is 0.493 e. The highest BCUT2D eigenvalue weighted by atomic mass is 79.9. The number of aromatic nitrogens is 1. The Balaban J connectivity index is 2.13. The van der Waals surface area contributed by atoms with Crippen LogP contribution in [-0.4, -0.2) is 49.5 Å².